The van der Waals surface area contributed by atoms with E-state index in [-0.39, 0.29) is 24.5 Å². The van der Waals surface area contributed by atoms with Crippen molar-refractivity contribution in [2.75, 3.05) is 6.61 Å². The van der Waals surface area contributed by atoms with Crippen molar-refractivity contribution in [1.29, 1.82) is 0 Å². The fraction of sp³-hybridized carbons (Fsp3) is 0.704. The fourth-order valence-corrected chi connectivity index (χ4v) is 3.70. The molecule has 4 atom stereocenters. The number of hydrogen-bond donors (Lipinski definition) is 1. The lowest BCUT2D eigenvalue weighted by Gasteiger charge is -2.39. The number of rotatable bonds is 14. The monoisotopic (exact) mass is 448 g/mol. The van der Waals surface area contributed by atoms with E-state index >= 15 is 0 Å². The predicted molar refractivity (Wildman–Crippen MR) is 129 cm³/mol. The summed E-state index contributed by atoms with van der Waals surface area (Å²) in [5.74, 6) is 3.73. The lowest BCUT2D eigenvalue weighted by Crippen LogP contribution is -2.48. The molecule has 0 heterocycles. The Kier molecular flexibility index (Phi) is 11.7. The third-order valence-corrected chi connectivity index (χ3v) is 5.68. The zero-order chi connectivity index (χ0) is 24.4. The molecule has 0 aromatic heterocycles. The molecule has 1 N–H and O–H groups in total. The molecular formula is C27H44O5. The highest BCUT2D eigenvalue weighted by Gasteiger charge is 2.41. The van der Waals surface area contributed by atoms with Crippen molar-refractivity contribution in [2.45, 2.75) is 104 Å². The Morgan fingerprint density at radius 2 is 1.72 bits per heavy atom. The van der Waals surface area contributed by atoms with Gasteiger partial charge >= 0.3 is 0 Å². The van der Waals surface area contributed by atoms with Gasteiger partial charge in [0.1, 0.15) is 6.61 Å². The van der Waals surface area contributed by atoms with Crippen LogP contribution in [0.4, 0.5) is 0 Å². The first-order valence-electron chi connectivity index (χ1n) is 11.8. The van der Waals surface area contributed by atoms with Crippen molar-refractivity contribution >= 4 is 0 Å². The van der Waals surface area contributed by atoms with Crippen LogP contribution < -0.4 is 4.89 Å². The lowest BCUT2D eigenvalue weighted by molar-refractivity contribution is -0.389. The molecule has 0 saturated carbocycles. The second-order valence-corrected chi connectivity index (χ2v) is 10.2. The van der Waals surface area contributed by atoms with Gasteiger partial charge in [-0.05, 0) is 58.4 Å². The van der Waals surface area contributed by atoms with Gasteiger partial charge in [-0.3, -0.25) is 0 Å². The van der Waals surface area contributed by atoms with E-state index in [1.807, 2.05) is 52.0 Å². The first-order chi connectivity index (χ1) is 14.9. The number of hydrogen-bond acceptors (Lipinski definition) is 5. The summed E-state index contributed by atoms with van der Waals surface area (Å²) < 4.78 is 0. The lowest BCUT2D eigenvalue weighted by atomic mass is 9.76. The number of benzene rings is 1. The highest BCUT2D eigenvalue weighted by Crippen LogP contribution is 2.34. The zero-order valence-corrected chi connectivity index (χ0v) is 21.3. The minimum absolute atomic E-state index is 0.00797. The van der Waals surface area contributed by atoms with Crippen molar-refractivity contribution < 1.29 is 24.7 Å². The standard InChI is InChI=1S/C27H44O5/c1-10-15-21(11-2)18-23(24(12-3)31-32-26(6,7)8)27(9,28)19-29-30-25-17-14-13-16-22(25)20(4)5/h1,13-14,16-17,20-21,23-24,28H,11-12,15,18-19H2,2-9H3. The second kappa shape index (κ2) is 13.2. The van der Waals surface area contributed by atoms with Crippen LogP contribution in [-0.4, -0.2) is 29.0 Å². The van der Waals surface area contributed by atoms with Gasteiger partial charge in [0, 0.05) is 17.9 Å². The highest BCUT2D eigenvalue weighted by molar-refractivity contribution is 5.35. The summed E-state index contributed by atoms with van der Waals surface area (Å²) in [7, 11) is 0. The molecule has 5 nitrogen and oxygen atoms in total. The van der Waals surface area contributed by atoms with Gasteiger partial charge in [-0.15, -0.1) is 12.3 Å². The molecule has 0 fully saturated rings. The van der Waals surface area contributed by atoms with E-state index in [9.17, 15) is 5.11 Å². The van der Waals surface area contributed by atoms with Gasteiger partial charge in [0.2, 0.25) is 0 Å². The molecule has 5 heteroatoms. The van der Waals surface area contributed by atoms with Crippen molar-refractivity contribution in [2.24, 2.45) is 11.8 Å². The molecule has 182 valence electrons. The molecule has 0 aliphatic heterocycles. The predicted octanol–water partition coefficient (Wildman–Crippen LogP) is 6.45. The van der Waals surface area contributed by atoms with E-state index in [4.69, 9.17) is 26.0 Å². The normalized spacial score (nSPS) is 16.8. The molecule has 0 aliphatic rings. The minimum atomic E-state index is -1.21. The molecule has 0 amide bonds. The molecule has 0 saturated heterocycles. The van der Waals surface area contributed by atoms with Crippen LogP contribution in [-0.2, 0) is 14.7 Å². The Morgan fingerprint density at radius 1 is 1.06 bits per heavy atom. The number of terminal acetylenes is 1. The van der Waals surface area contributed by atoms with Crippen LogP contribution in [0.25, 0.3) is 0 Å². The quantitative estimate of drug-likeness (QED) is 0.201. The van der Waals surface area contributed by atoms with E-state index in [0.717, 1.165) is 12.0 Å². The van der Waals surface area contributed by atoms with E-state index in [1.165, 1.54) is 0 Å². The van der Waals surface area contributed by atoms with Gasteiger partial charge in [0.05, 0.1) is 17.3 Å². The molecule has 4 unspecified atom stereocenters. The smallest absolute Gasteiger partial charge is 0.168 e. The molecule has 1 aromatic carbocycles. The second-order valence-electron chi connectivity index (χ2n) is 10.2. The van der Waals surface area contributed by atoms with Gasteiger partial charge < -0.3 is 9.99 Å². The maximum atomic E-state index is 11.5. The van der Waals surface area contributed by atoms with Crippen LogP contribution >= 0.6 is 0 Å². The summed E-state index contributed by atoms with van der Waals surface area (Å²) in [5.41, 5.74) is -0.610. The van der Waals surface area contributed by atoms with Crippen molar-refractivity contribution in [1.82, 2.24) is 0 Å². The molecule has 1 aromatic rings. The first kappa shape index (κ1) is 28.5. The topological polar surface area (TPSA) is 57.2 Å². The van der Waals surface area contributed by atoms with E-state index in [2.05, 4.69) is 26.7 Å². The maximum Gasteiger partial charge on any atom is 0.168 e. The van der Waals surface area contributed by atoms with Gasteiger partial charge in [0.25, 0.3) is 0 Å². The largest absolute Gasteiger partial charge is 0.387 e. The Balaban J connectivity index is 3.00. The average molecular weight is 449 g/mol. The Labute approximate surface area is 195 Å². The van der Waals surface area contributed by atoms with Gasteiger partial charge in [-0.25, -0.2) is 9.78 Å². The van der Waals surface area contributed by atoms with Crippen LogP contribution in [0.5, 0.6) is 5.75 Å². The van der Waals surface area contributed by atoms with Gasteiger partial charge in [-0.1, -0.05) is 52.3 Å². The summed E-state index contributed by atoms with van der Waals surface area (Å²) >= 11 is 0. The molecule has 0 aliphatic carbocycles. The van der Waals surface area contributed by atoms with Crippen LogP contribution in [0.15, 0.2) is 24.3 Å². The summed E-state index contributed by atoms with van der Waals surface area (Å²) in [6.45, 7) is 15.9. The Bertz CT molecular complexity index is 699. The average Bonchev–Trinajstić information content (AvgIpc) is 2.71. The van der Waals surface area contributed by atoms with Gasteiger partial charge in [-0.2, -0.15) is 4.89 Å². The molecule has 0 spiro atoms. The number of para-hydroxylation sites is 1. The summed E-state index contributed by atoms with van der Waals surface area (Å²) in [6.07, 6.45) is 8.22. The fourth-order valence-electron chi connectivity index (χ4n) is 3.70. The summed E-state index contributed by atoms with van der Waals surface area (Å²) in [6, 6.07) is 7.77. The van der Waals surface area contributed by atoms with E-state index in [1.54, 1.807) is 6.92 Å². The minimum Gasteiger partial charge on any atom is -0.387 e. The third-order valence-electron chi connectivity index (χ3n) is 5.68. The molecule has 32 heavy (non-hydrogen) atoms. The third kappa shape index (κ3) is 9.50. The van der Waals surface area contributed by atoms with E-state index in [0.29, 0.717) is 30.9 Å². The van der Waals surface area contributed by atoms with Crippen molar-refractivity contribution in [3.8, 4) is 18.1 Å². The maximum absolute atomic E-state index is 11.5. The molecule has 1 rings (SSSR count). The van der Waals surface area contributed by atoms with Crippen LogP contribution in [0, 0.1) is 24.2 Å². The van der Waals surface area contributed by atoms with Crippen molar-refractivity contribution in [3.05, 3.63) is 29.8 Å². The Hall–Kier alpha value is -1.58. The van der Waals surface area contributed by atoms with Crippen LogP contribution in [0.3, 0.4) is 0 Å². The zero-order valence-electron chi connectivity index (χ0n) is 21.3. The summed E-state index contributed by atoms with van der Waals surface area (Å²) in [5, 5.41) is 11.5. The molecule has 0 bridgehead atoms. The SMILES string of the molecule is C#CCC(CC)CC(C(CC)OOC(C)(C)C)C(C)(O)COOc1ccccc1C(C)C. The van der Waals surface area contributed by atoms with Crippen molar-refractivity contribution in [3.63, 3.8) is 0 Å². The first-order valence-corrected chi connectivity index (χ1v) is 11.8. The molecule has 0 radical (unpaired) electrons. The Morgan fingerprint density at radius 3 is 2.25 bits per heavy atom. The van der Waals surface area contributed by atoms with Crippen LogP contribution in [0.2, 0.25) is 0 Å². The summed E-state index contributed by atoms with van der Waals surface area (Å²) in [4.78, 5) is 22.7. The molecular weight excluding hydrogens is 404 g/mol. The van der Waals surface area contributed by atoms with Crippen LogP contribution in [0.1, 0.15) is 92.6 Å². The van der Waals surface area contributed by atoms with E-state index < -0.39 is 11.2 Å². The van der Waals surface area contributed by atoms with Gasteiger partial charge in [0.15, 0.2) is 5.75 Å². The highest BCUT2D eigenvalue weighted by atomic mass is 17.2. The number of aliphatic hydroxyl groups is 1.